The standard InChI is InChI=1S/C16H23NO/c1-18-11-15(12-7-8-12)17-16(14-9-10-14)13-5-3-2-4-6-13/h2-6,12,14-17H,7-11H2,1H3. The Labute approximate surface area is 110 Å². The summed E-state index contributed by atoms with van der Waals surface area (Å²) in [5, 5.41) is 3.87. The van der Waals surface area contributed by atoms with Crippen LogP contribution in [0.5, 0.6) is 0 Å². The van der Waals surface area contributed by atoms with Gasteiger partial charge < -0.3 is 10.1 Å². The van der Waals surface area contributed by atoms with Crippen LogP contribution in [-0.2, 0) is 4.74 Å². The van der Waals surface area contributed by atoms with E-state index in [1.54, 1.807) is 0 Å². The monoisotopic (exact) mass is 245 g/mol. The molecule has 1 aromatic rings. The van der Waals surface area contributed by atoms with Gasteiger partial charge in [-0.05, 0) is 43.1 Å². The molecule has 0 aliphatic heterocycles. The van der Waals surface area contributed by atoms with E-state index in [0.717, 1.165) is 18.4 Å². The van der Waals surface area contributed by atoms with Gasteiger partial charge in [-0.15, -0.1) is 0 Å². The molecule has 98 valence electrons. The van der Waals surface area contributed by atoms with E-state index in [4.69, 9.17) is 4.74 Å². The van der Waals surface area contributed by atoms with E-state index in [-0.39, 0.29) is 0 Å². The van der Waals surface area contributed by atoms with Gasteiger partial charge in [0, 0.05) is 19.2 Å². The van der Waals surface area contributed by atoms with Crippen LogP contribution in [0.4, 0.5) is 0 Å². The number of rotatable bonds is 7. The zero-order valence-corrected chi connectivity index (χ0v) is 11.1. The maximum absolute atomic E-state index is 5.38. The van der Waals surface area contributed by atoms with Gasteiger partial charge >= 0.3 is 0 Å². The number of ether oxygens (including phenoxy) is 1. The Morgan fingerprint density at radius 2 is 1.78 bits per heavy atom. The lowest BCUT2D eigenvalue weighted by atomic mass is 10.0. The molecule has 3 rings (SSSR count). The smallest absolute Gasteiger partial charge is 0.0618 e. The highest BCUT2D eigenvalue weighted by atomic mass is 16.5. The predicted molar refractivity (Wildman–Crippen MR) is 73.4 cm³/mol. The summed E-state index contributed by atoms with van der Waals surface area (Å²) in [6, 6.07) is 12.0. The predicted octanol–water partition coefficient (Wildman–Crippen LogP) is 3.15. The second kappa shape index (κ2) is 5.41. The third-order valence-corrected chi connectivity index (χ3v) is 4.18. The first kappa shape index (κ1) is 12.2. The minimum Gasteiger partial charge on any atom is -0.383 e. The van der Waals surface area contributed by atoms with Crippen LogP contribution in [-0.4, -0.2) is 19.8 Å². The minimum atomic E-state index is 0.534. The van der Waals surface area contributed by atoms with Crippen LogP contribution in [0.3, 0.4) is 0 Å². The molecule has 0 aromatic heterocycles. The van der Waals surface area contributed by atoms with Gasteiger partial charge in [-0.1, -0.05) is 30.3 Å². The van der Waals surface area contributed by atoms with E-state index in [1.807, 2.05) is 7.11 Å². The first-order valence-electron chi connectivity index (χ1n) is 7.18. The molecule has 2 aliphatic rings. The van der Waals surface area contributed by atoms with Crippen LogP contribution in [0.2, 0.25) is 0 Å². The SMILES string of the molecule is COCC(NC(c1ccccc1)C1CC1)C1CC1. The van der Waals surface area contributed by atoms with Gasteiger partial charge in [0.05, 0.1) is 6.61 Å². The van der Waals surface area contributed by atoms with Gasteiger partial charge in [-0.3, -0.25) is 0 Å². The summed E-state index contributed by atoms with van der Waals surface area (Å²) < 4.78 is 5.38. The fourth-order valence-electron chi connectivity index (χ4n) is 2.82. The molecule has 2 saturated carbocycles. The Morgan fingerprint density at radius 3 is 2.33 bits per heavy atom. The Hall–Kier alpha value is -0.860. The topological polar surface area (TPSA) is 21.3 Å². The van der Waals surface area contributed by atoms with Crippen molar-refractivity contribution in [3.05, 3.63) is 35.9 Å². The fraction of sp³-hybridized carbons (Fsp3) is 0.625. The molecule has 2 aliphatic carbocycles. The van der Waals surface area contributed by atoms with Crippen molar-refractivity contribution in [2.75, 3.05) is 13.7 Å². The van der Waals surface area contributed by atoms with Crippen LogP contribution in [0.25, 0.3) is 0 Å². The van der Waals surface area contributed by atoms with E-state index < -0.39 is 0 Å². The largest absolute Gasteiger partial charge is 0.383 e. The van der Waals surface area contributed by atoms with Gasteiger partial charge in [0.15, 0.2) is 0 Å². The molecule has 0 heterocycles. The van der Waals surface area contributed by atoms with Gasteiger partial charge in [-0.2, -0.15) is 0 Å². The Bertz CT molecular complexity index is 370. The number of hydrogen-bond donors (Lipinski definition) is 1. The lowest BCUT2D eigenvalue weighted by Crippen LogP contribution is -2.38. The molecular weight excluding hydrogens is 222 g/mol. The summed E-state index contributed by atoms with van der Waals surface area (Å²) in [6.07, 6.45) is 5.48. The maximum Gasteiger partial charge on any atom is 0.0618 e. The quantitative estimate of drug-likeness (QED) is 0.796. The summed E-state index contributed by atoms with van der Waals surface area (Å²) in [5.41, 5.74) is 1.45. The molecule has 0 radical (unpaired) electrons. The summed E-state index contributed by atoms with van der Waals surface area (Å²) in [4.78, 5) is 0. The van der Waals surface area contributed by atoms with Crippen molar-refractivity contribution in [2.45, 2.75) is 37.8 Å². The van der Waals surface area contributed by atoms with Gasteiger partial charge in [-0.25, -0.2) is 0 Å². The molecule has 18 heavy (non-hydrogen) atoms. The second-order valence-electron chi connectivity index (χ2n) is 5.79. The van der Waals surface area contributed by atoms with Crippen molar-refractivity contribution in [1.29, 1.82) is 0 Å². The molecule has 0 amide bonds. The summed E-state index contributed by atoms with van der Waals surface area (Å²) >= 11 is 0. The maximum atomic E-state index is 5.38. The highest BCUT2D eigenvalue weighted by molar-refractivity contribution is 5.21. The second-order valence-corrected chi connectivity index (χ2v) is 5.79. The van der Waals surface area contributed by atoms with Crippen LogP contribution in [0, 0.1) is 11.8 Å². The Kier molecular flexibility index (Phi) is 3.67. The van der Waals surface area contributed by atoms with Gasteiger partial charge in [0.25, 0.3) is 0 Å². The van der Waals surface area contributed by atoms with Gasteiger partial charge in [0.1, 0.15) is 0 Å². The van der Waals surface area contributed by atoms with Crippen molar-refractivity contribution in [3.8, 4) is 0 Å². The van der Waals surface area contributed by atoms with Crippen LogP contribution in [0.15, 0.2) is 30.3 Å². The van der Waals surface area contributed by atoms with Crippen LogP contribution in [0.1, 0.15) is 37.3 Å². The summed E-state index contributed by atoms with van der Waals surface area (Å²) in [6.45, 7) is 0.848. The van der Waals surface area contributed by atoms with Crippen LogP contribution < -0.4 is 5.32 Å². The molecule has 1 N–H and O–H groups in total. The lowest BCUT2D eigenvalue weighted by molar-refractivity contribution is 0.149. The first-order chi connectivity index (χ1) is 8.88. The number of methoxy groups -OCH3 is 1. The first-order valence-corrected chi connectivity index (χ1v) is 7.18. The zero-order valence-electron chi connectivity index (χ0n) is 11.1. The third kappa shape index (κ3) is 2.93. The molecule has 0 saturated heterocycles. The van der Waals surface area contributed by atoms with E-state index in [9.17, 15) is 0 Å². The number of benzene rings is 1. The zero-order chi connectivity index (χ0) is 12.4. The molecule has 2 heteroatoms. The minimum absolute atomic E-state index is 0.534. The van der Waals surface area contributed by atoms with E-state index in [0.29, 0.717) is 12.1 Å². The van der Waals surface area contributed by atoms with Crippen molar-refractivity contribution < 1.29 is 4.74 Å². The molecule has 2 nitrogen and oxygen atoms in total. The number of hydrogen-bond acceptors (Lipinski definition) is 2. The highest BCUT2D eigenvalue weighted by Crippen LogP contribution is 2.43. The summed E-state index contributed by atoms with van der Waals surface area (Å²) in [5.74, 6) is 1.68. The van der Waals surface area contributed by atoms with Crippen LogP contribution >= 0.6 is 0 Å². The highest BCUT2D eigenvalue weighted by Gasteiger charge is 2.37. The molecule has 0 spiro atoms. The lowest BCUT2D eigenvalue weighted by Gasteiger charge is -2.26. The fourth-order valence-corrected chi connectivity index (χ4v) is 2.82. The molecule has 1 aromatic carbocycles. The molecule has 2 unspecified atom stereocenters. The third-order valence-electron chi connectivity index (χ3n) is 4.18. The van der Waals surface area contributed by atoms with E-state index >= 15 is 0 Å². The average molecular weight is 245 g/mol. The molecular formula is C16H23NO. The Balaban J connectivity index is 1.69. The van der Waals surface area contributed by atoms with Crippen molar-refractivity contribution in [2.24, 2.45) is 11.8 Å². The van der Waals surface area contributed by atoms with Gasteiger partial charge in [0.2, 0.25) is 0 Å². The number of nitrogens with one attached hydrogen (secondary N) is 1. The molecule has 2 atom stereocenters. The normalized spacial score (nSPS) is 22.7. The Morgan fingerprint density at radius 1 is 1.11 bits per heavy atom. The van der Waals surface area contributed by atoms with Crippen molar-refractivity contribution in [1.82, 2.24) is 5.32 Å². The molecule has 2 fully saturated rings. The van der Waals surface area contributed by atoms with E-state index in [1.165, 1.54) is 31.2 Å². The van der Waals surface area contributed by atoms with E-state index in [2.05, 4.69) is 35.6 Å². The van der Waals surface area contributed by atoms with Crippen molar-refractivity contribution >= 4 is 0 Å². The molecule has 0 bridgehead atoms. The average Bonchev–Trinajstić information content (AvgIpc) is 3.29. The summed E-state index contributed by atoms with van der Waals surface area (Å²) in [7, 11) is 1.81. The van der Waals surface area contributed by atoms with Crippen molar-refractivity contribution in [3.63, 3.8) is 0 Å².